The molecule has 1 aromatic rings. The standard InChI is InChI=1S/C13H17Cl2N3O.C2HF3O2/c14-11-2-1-10(9-12(11)15)13(19)18-7-5-17(4-3-16)6-8-18;3-2(4,5)1(6)7/h1-2,9H,3-8,16H2;(H,6,7). The second kappa shape index (κ2) is 9.96. The summed E-state index contributed by atoms with van der Waals surface area (Å²) in [6.45, 7) is 4.71. The van der Waals surface area contributed by atoms with Crippen molar-refractivity contribution in [1.82, 2.24) is 9.80 Å². The number of benzene rings is 1. The van der Waals surface area contributed by atoms with Crippen molar-refractivity contribution in [3.8, 4) is 0 Å². The Kier molecular flexibility index (Phi) is 8.61. The van der Waals surface area contributed by atoms with Crippen LogP contribution < -0.4 is 5.73 Å². The lowest BCUT2D eigenvalue weighted by molar-refractivity contribution is -0.192. The molecule has 0 aromatic heterocycles. The molecule has 0 aliphatic carbocycles. The number of rotatable bonds is 3. The topological polar surface area (TPSA) is 86.9 Å². The summed E-state index contributed by atoms with van der Waals surface area (Å²) in [6.07, 6.45) is -5.08. The van der Waals surface area contributed by atoms with Gasteiger partial charge in [-0.05, 0) is 18.2 Å². The van der Waals surface area contributed by atoms with Crippen molar-refractivity contribution in [1.29, 1.82) is 0 Å². The van der Waals surface area contributed by atoms with Crippen LogP contribution in [0.2, 0.25) is 10.0 Å². The molecular formula is C15H18Cl2F3N3O3. The van der Waals surface area contributed by atoms with Gasteiger partial charge in [-0.2, -0.15) is 13.2 Å². The molecule has 0 saturated carbocycles. The fraction of sp³-hybridized carbons (Fsp3) is 0.467. The van der Waals surface area contributed by atoms with Crippen LogP contribution in [-0.4, -0.2) is 72.2 Å². The summed E-state index contributed by atoms with van der Waals surface area (Å²) in [6, 6.07) is 4.99. The van der Waals surface area contributed by atoms with Gasteiger partial charge in [0.15, 0.2) is 0 Å². The number of nitrogens with zero attached hydrogens (tertiary/aromatic N) is 2. The van der Waals surface area contributed by atoms with Gasteiger partial charge in [-0.3, -0.25) is 9.69 Å². The summed E-state index contributed by atoms with van der Waals surface area (Å²) in [5.41, 5.74) is 6.11. The Morgan fingerprint density at radius 1 is 1.12 bits per heavy atom. The van der Waals surface area contributed by atoms with Gasteiger partial charge in [0, 0.05) is 44.8 Å². The van der Waals surface area contributed by atoms with Gasteiger partial charge in [-0.15, -0.1) is 0 Å². The van der Waals surface area contributed by atoms with E-state index in [2.05, 4.69) is 4.90 Å². The third kappa shape index (κ3) is 6.99. The van der Waals surface area contributed by atoms with Crippen LogP contribution in [0.1, 0.15) is 10.4 Å². The maximum Gasteiger partial charge on any atom is 0.490 e. The van der Waals surface area contributed by atoms with Crippen LogP contribution in [0.3, 0.4) is 0 Å². The van der Waals surface area contributed by atoms with E-state index >= 15 is 0 Å². The van der Waals surface area contributed by atoms with Gasteiger partial charge in [0.2, 0.25) is 0 Å². The van der Waals surface area contributed by atoms with Gasteiger partial charge in [-0.25, -0.2) is 4.79 Å². The van der Waals surface area contributed by atoms with E-state index in [-0.39, 0.29) is 5.91 Å². The molecule has 1 aliphatic rings. The van der Waals surface area contributed by atoms with Gasteiger partial charge in [0.1, 0.15) is 0 Å². The van der Waals surface area contributed by atoms with E-state index in [4.69, 9.17) is 38.8 Å². The van der Waals surface area contributed by atoms with Crippen LogP contribution in [0.15, 0.2) is 18.2 Å². The first kappa shape index (κ1) is 22.5. The molecule has 1 saturated heterocycles. The lowest BCUT2D eigenvalue weighted by Crippen LogP contribution is -2.49. The van der Waals surface area contributed by atoms with Gasteiger partial charge in [-0.1, -0.05) is 23.2 Å². The molecule has 26 heavy (non-hydrogen) atoms. The molecule has 1 aromatic carbocycles. The number of aliphatic carboxylic acids is 1. The molecule has 1 aliphatic heterocycles. The van der Waals surface area contributed by atoms with Crippen molar-refractivity contribution >= 4 is 35.1 Å². The molecule has 0 unspecified atom stereocenters. The third-order valence-electron chi connectivity index (χ3n) is 3.51. The van der Waals surface area contributed by atoms with Gasteiger partial charge in [0.05, 0.1) is 10.0 Å². The number of halogens is 5. The average Bonchev–Trinajstić information content (AvgIpc) is 2.57. The van der Waals surface area contributed by atoms with Crippen molar-refractivity contribution in [2.24, 2.45) is 5.73 Å². The van der Waals surface area contributed by atoms with Gasteiger partial charge >= 0.3 is 12.1 Å². The van der Waals surface area contributed by atoms with Crippen LogP contribution in [0, 0.1) is 0 Å². The molecule has 0 spiro atoms. The smallest absolute Gasteiger partial charge is 0.475 e. The van der Waals surface area contributed by atoms with Crippen molar-refractivity contribution < 1.29 is 27.9 Å². The zero-order chi connectivity index (χ0) is 19.9. The van der Waals surface area contributed by atoms with E-state index in [9.17, 15) is 18.0 Å². The maximum atomic E-state index is 12.3. The minimum Gasteiger partial charge on any atom is -0.475 e. The van der Waals surface area contributed by atoms with E-state index < -0.39 is 12.1 Å². The molecular weight excluding hydrogens is 398 g/mol. The van der Waals surface area contributed by atoms with Crippen molar-refractivity contribution in [3.05, 3.63) is 33.8 Å². The molecule has 0 radical (unpaired) electrons. The number of carboxylic acids is 1. The fourth-order valence-corrected chi connectivity index (χ4v) is 2.47. The van der Waals surface area contributed by atoms with Crippen molar-refractivity contribution in [2.45, 2.75) is 6.18 Å². The summed E-state index contributed by atoms with van der Waals surface area (Å²) >= 11 is 11.8. The molecule has 0 bridgehead atoms. The maximum absolute atomic E-state index is 12.3. The molecule has 1 fully saturated rings. The summed E-state index contributed by atoms with van der Waals surface area (Å²) in [7, 11) is 0. The fourth-order valence-electron chi connectivity index (χ4n) is 2.17. The first-order valence-corrected chi connectivity index (χ1v) is 8.28. The Morgan fingerprint density at radius 3 is 2.08 bits per heavy atom. The number of nitrogens with two attached hydrogens (primary N) is 1. The lowest BCUT2D eigenvalue weighted by Gasteiger charge is -2.34. The first-order valence-electron chi connectivity index (χ1n) is 7.53. The van der Waals surface area contributed by atoms with Crippen LogP contribution in [0.5, 0.6) is 0 Å². The number of carboxylic acid groups (broad SMARTS) is 1. The minimum atomic E-state index is -5.08. The summed E-state index contributed by atoms with van der Waals surface area (Å²) < 4.78 is 31.7. The molecule has 3 N–H and O–H groups in total. The third-order valence-corrected chi connectivity index (χ3v) is 4.25. The van der Waals surface area contributed by atoms with Crippen molar-refractivity contribution in [2.75, 3.05) is 39.3 Å². The van der Waals surface area contributed by atoms with E-state index in [1.807, 2.05) is 4.90 Å². The van der Waals surface area contributed by atoms with Gasteiger partial charge in [0.25, 0.3) is 5.91 Å². The number of hydrogen-bond acceptors (Lipinski definition) is 4. The molecule has 6 nitrogen and oxygen atoms in total. The number of alkyl halides is 3. The van der Waals surface area contributed by atoms with Crippen LogP contribution in [0.4, 0.5) is 13.2 Å². The zero-order valence-corrected chi connectivity index (χ0v) is 15.1. The zero-order valence-electron chi connectivity index (χ0n) is 13.6. The molecule has 0 atom stereocenters. The Hall–Kier alpha value is -1.55. The quantitative estimate of drug-likeness (QED) is 0.790. The number of carbonyl (C=O) groups excluding carboxylic acids is 1. The predicted molar refractivity (Wildman–Crippen MR) is 91.6 cm³/mol. The average molecular weight is 416 g/mol. The summed E-state index contributed by atoms with van der Waals surface area (Å²) in [5, 5.41) is 8.00. The number of piperazine rings is 1. The Bertz CT molecular complexity index is 636. The minimum absolute atomic E-state index is 0.00552. The Balaban J connectivity index is 0.000000412. The molecule has 2 rings (SSSR count). The molecule has 11 heteroatoms. The molecule has 1 heterocycles. The van der Waals surface area contributed by atoms with E-state index in [1.165, 1.54) is 0 Å². The predicted octanol–water partition coefficient (Wildman–Crippen LogP) is 2.34. The number of hydrogen-bond donors (Lipinski definition) is 2. The van der Waals surface area contributed by atoms with E-state index in [0.717, 1.165) is 32.7 Å². The highest BCUT2D eigenvalue weighted by Crippen LogP contribution is 2.23. The SMILES string of the molecule is NCCN1CCN(C(=O)c2ccc(Cl)c(Cl)c2)CC1.O=C(O)C(F)(F)F. The van der Waals surface area contributed by atoms with E-state index in [1.54, 1.807) is 18.2 Å². The number of amides is 1. The Labute approximate surface area is 158 Å². The normalized spacial score (nSPS) is 15.2. The van der Waals surface area contributed by atoms with Crippen molar-refractivity contribution in [3.63, 3.8) is 0 Å². The molecule has 1 amide bonds. The molecule has 146 valence electrons. The highest BCUT2D eigenvalue weighted by Gasteiger charge is 2.38. The van der Waals surface area contributed by atoms with E-state index in [0.29, 0.717) is 22.2 Å². The highest BCUT2D eigenvalue weighted by atomic mass is 35.5. The second-order valence-corrected chi connectivity index (χ2v) is 6.17. The highest BCUT2D eigenvalue weighted by molar-refractivity contribution is 6.42. The summed E-state index contributed by atoms with van der Waals surface area (Å²) in [4.78, 5) is 25.3. The lowest BCUT2D eigenvalue weighted by atomic mass is 10.2. The second-order valence-electron chi connectivity index (χ2n) is 5.35. The monoisotopic (exact) mass is 415 g/mol. The van der Waals surface area contributed by atoms with Crippen LogP contribution in [-0.2, 0) is 4.79 Å². The summed E-state index contributed by atoms with van der Waals surface area (Å²) in [5.74, 6) is -2.75. The van der Waals surface area contributed by atoms with Crippen LogP contribution >= 0.6 is 23.2 Å². The number of carbonyl (C=O) groups is 2. The largest absolute Gasteiger partial charge is 0.490 e. The first-order chi connectivity index (χ1) is 12.1. The Morgan fingerprint density at radius 2 is 1.65 bits per heavy atom. The van der Waals surface area contributed by atoms with Gasteiger partial charge < -0.3 is 15.7 Å². The van der Waals surface area contributed by atoms with Crippen LogP contribution in [0.25, 0.3) is 0 Å².